The number of hydrogen-bond acceptors (Lipinski definition) is 5. The molecular weight excluding hydrogens is 406 g/mol. The minimum atomic E-state index is -0.536. The summed E-state index contributed by atoms with van der Waals surface area (Å²) < 4.78 is 11.3. The van der Waals surface area contributed by atoms with Crippen LogP contribution >= 0.6 is 0 Å². The van der Waals surface area contributed by atoms with Crippen LogP contribution < -0.4 is 5.32 Å². The van der Waals surface area contributed by atoms with Gasteiger partial charge < -0.3 is 19.7 Å². The Morgan fingerprint density at radius 2 is 1.75 bits per heavy atom. The van der Waals surface area contributed by atoms with Crippen molar-refractivity contribution in [3.05, 3.63) is 35.4 Å². The van der Waals surface area contributed by atoms with E-state index in [1.807, 2.05) is 32.9 Å². The van der Waals surface area contributed by atoms with Crippen LogP contribution in [0.2, 0.25) is 0 Å². The zero-order valence-electron chi connectivity index (χ0n) is 20.2. The number of carbonyl (C=O) groups is 2. The van der Waals surface area contributed by atoms with Crippen LogP contribution in [0.3, 0.4) is 0 Å². The molecule has 7 nitrogen and oxygen atoms in total. The largest absolute Gasteiger partial charge is 0.444 e. The van der Waals surface area contributed by atoms with Crippen LogP contribution in [0.4, 0.5) is 4.79 Å². The Morgan fingerprint density at radius 3 is 2.41 bits per heavy atom. The van der Waals surface area contributed by atoms with Crippen LogP contribution in [-0.4, -0.2) is 65.8 Å². The number of nitrogens with one attached hydrogen (secondary N) is 1. The summed E-state index contributed by atoms with van der Waals surface area (Å²) in [7, 11) is 0. The van der Waals surface area contributed by atoms with Crippen LogP contribution in [0.25, 0.3) is 0 Å². The molecule has 0 spiro atoms. The lowest BCUT2D eigenvalue weighted by Gasteiger charge is -2.35. The summed E-state index contributed by atoms with van der Waals surface area (Å²) in [5, 5.41) is 3.11. The third-order valence-corrected chi connectivity index (χ3v) is 5.90. The highest BCUT2D eigenvalue weighted by Crippen LogP contribution is 2.21. The molecule has 3 unspecified atom stereocenters. The van der Waals surface area contributed by atoms with Gasteiger partial charge in [-0.1, -0.05) is 24.3 Å². The number of benzene rings is 1. The van der Waals surface area contributed by atoms with Gasteiger partial charge in [-0.05, 0) is 58.6 Å². The van der Waals surface area contributed by atoms with E-state index in [0.717, 1.165) is 38.0 Å². The normalized spacial score (nSPS) is 24.8. The molecule has 2 fully saturated rings. The number of nitrogens with zero attached hydrogens (tertiary/aromatic N) is 2. The van der Waals surface area contributed by atoms with E-state index in [2.05, 4.69) is 36.2 Å². The first-order valence-electron chi connectivity index (χ1n) is 11.8. The Hall–Kier alpha value is -2.12. The molecule has 2 aliphatic heterocycles. The maximum atomic E-state index is 12.9. The van der Waals surface area contributed by atoms with E-state index in [9.17, 15) is 9.59 Å². The molecule has 0 bridgehead atoms. The fraction of sp³-hybridized carbons (Fsp3) is 0.680. The molecule has 0 aliphatic carbocycles. The second kappa shape index (κ2) is 10.7. The Labute approximate surface area is 192 Å². The molecule has 178 valence electrons. The number of carbonyl (C=O) groups excluding carboxylic acids is 2. The fourth-order valence-electron chi connectivity index (χ4n) is 4.55. The Balaban J connectivity index is 1.55. The van der Waals surface area contributed by atoms with Gasteiger partial charge in [0, 0.05) is 39.3 Å². The van der Waals surface area contributed by atoms with Crippen LogP contribution in [0, 0.1) is 5.92 Å². The van der Waals surface area contributed by atoms with E-state index in [1.165, 1.54) is 5.56 Å². The number of piperidine rings is 1. The fourth-order valence-corrected chi connectivity index (χ4v) is 4.55. The van der Waals surface area contributed by atoms with Gasteiger partial charge in [0.05, 0.1) is 18.1 Å². The van der Waals surface area contributed by atoms with Gasteiger partial charge >= 0.3 is 6.09 Å². The van der Waals surface area contributed by atoms with Gasteiger partial charge in [0.25, 0.3) is 0 Å². The molecule has 3 atom stereocenters. The summed E-state index contributed by atoms with van der Waals surface area (Å²) in [5.41, 5.74) is 1.83. The van der Waals surface area contributed by atoms with Crippen molar-refractivity contribution in [2.24, 2.45) is 5.92 Å². The summed E-state index contributed by atoms with van der Waals surface area (Å²) >= 11 is 0. The molecule has 0 saturated carbocycles. The molecule has 1 aromatic carbocycles. The molecular formula is C25H39N3O4. The third-order valence-electron chi connectivity index (χ3n) is 5.90. The van der Waals surface area contributed by atoms with Gasteiger partial charge in [-0.2, -0.15) is 0 Å². The van der Waals surface area contributed by atoms with Gasteiger partial charge in [-0.15, -0.1) is 0 Å². The average Bonchev–Trinajstić information content (AvgIpc) is 2.71. The molecule has 3 rings (SSSR count). The lowest BCUT2D eigenvalue weighted by Crippen LogP contribution is -2.47. The highest BCUT2D eigenvalue weighted by molar-refractivity contribution is 5.80. The third kappa shape index (κ3) is 7.20. The molecule has 0 radical (unpaired) electrons. The Bertz CT molecular complexity index is 782. The van der Waals surface area contributed by atoms with Crippen LogP contribution in [0.1, 0.15) is 58.6 Å². The van der Waals surface area contributed by atoms with E-state index in [1.54, 1.807) is 4.90 Å². The zero-order chi connectivity index (χ0) is 23.3. The molecule has 2 heterocycles. The van der Waals surface area contributed by atoms with Gasteiger partial charge in [0.15, 0.2) is 0 Å². The van der Waals surface area contributed by atoms with E-state index < -0.39 is 5.60 Å². The van der Waals surface area contributed by atoms with Crippen molar-refractivity contribution in [3.8, 4) is 0 Å². The summed E-state index contributed by atoms with van der Waals surface area (Å²) in [4.78, 5) is 29.4. The molecule has 2 aliphatic rings. The molecule has 0 aromatic heterocycles. The topological polar surface area (TPSA) is 71.1 Å². The molecule has 32 heavy (non-hydrogen) atoms. The molecule has 1 N–H and O–H groups in total. The Kier molecular flexibility index (Phi) is 8.17. The lowest BCUT2D eigenvalue weighted by atomic mass is 9.97. The second-order valence-electron chi connectivity index (χ2n) is 10.2. The minimum Gasteiger partial charge on any atom is -0.444 e. The van der Waals surface area contributed by atoms with E-state index >= 15 is 0 Å². The molecule has 2 saturated heterocycles. The van der Waals surface area contributed by atoms with Gasteiger partial charge in [-0.3, -0.25) is 9.69 Å². The first-order chi connectivity index (χ1) is 15.1. The summed E-state index contributed by atoms with van der Waals surface area (Å²) in [6, 6.07) is 8.28. The minimum absolute atomic E-state index is 0.00155. The molecule has 1 aromatic rings. The van der Waals surface area contributed by atoms with Crippen molar-refractivity contribution in [3.63, 3.8) is 0 Å². The van der Waals surface area contributed by atoms with Crippen LogP contribution in [0.15, 0.2) is 24.3 Å². The number of ether oxygens (including phenoxy) is 2. The number of rotatable bonds is 5. The van der Waals surface area contributed by atoms with Crippen molar-refractivity contribution < 1.29 is 19.1 Å². The monoisotopic (exact) mass is 445 g/mol. The van der Waals surface area contributed by atoms with Crippen molar-refractivity contribution in [2.75, 3.05) is 26.2 Å². The van der Waals surface area contributed by atoms with Gasteiger partial charge in [0.2, 0.25) is 5.91 Å². The van der Waals surface area contributed by atoms with Gasteiger partial charge in [-0.25, -0.2) is 4.79 Å². The maximum absolute atomic E-state index is 12.9. The first kappa shape index (κ1) is 24.5. The Morgan fingerprint density at radius 1 is 1.09 bits per heavy atom. The lowest BCUT2D eigenvalue weighted by molar-refractivity contribution is -0.126. The zero-order valence-corrected chi connectivity index (χ0v) is 20.2. The van der Waals surface area contributed by atoms with Gasteiger partial charge in [0.1, 0.15) is 5.60 Å². The van der Waals surface area contributed by atoms with Crippen molar-refractivity contribution in [2.45, 2.75) is 78.4 Å². The van der Waals surface area contributed by atoms with E-state index in [4.69, 9.17) is 9.47 Å². The standard InChI is InChI=1S/C25H39N3O4/c1-18-14-27(15-19(2)31-18)16-21-10-7-6-9-20(21)13-26-23(29)22-11-8-12-28(17-22)24(30)32-25(3,4)5/h6-7,9-10,18-19,22H,8,11-17H2,1-5H3,(H,26,29). The second-order valence-corrected chi connectivity index (χ2v) is 10.2. The summed E-state index contributed by atoms with van der Waals surface area (Å²) in [5.74, 6) is -0.203. The predicted molar refractivity (Wildman–Crippen MR) is 124 cm³/mol. The molecule has 7 heteroatoms. The van der Waals surface area contributed by atoms with Crippen molar-refractivity contribution >= 4 is 12.0 Å². The maximum Gasteiger partial charge on any atom is 0.410 e. The smallest absolute Gasteiger partial charge is 0.410 e. The number of likely N-dealkylation sites (tertiary alicyclic amines) is 1. The number of morpholine rings is 1. The highest BCUT2D eigenvalue weighted by Gasteiger charge is 2.31. The molecule has 2 amide bonds. The predicted octanol–water partition coefficient (Wildman–Crippen LogP) is 3.56. The van der Waals surface area contributed by atoms with Crippen molar-refractivity contribution in [1.82, 2.24) is 15.1 Å². The van der Waals surface area contributed by atoms with Crippen molar-refractivity contribution in [1.29, 1.82) is 0 Å². The SMILES string of the molecule is CC1CN(Cc2ccccc2CNC(=O)C2CCCN(C(=O)OC(C)(C)C)C2)CC(C)O1. The van der Waals surface area contributed by atoms with Crippen LogP contribution in [0.5, 0.6) is 0 Å². The summed E-state index contributed by atoms with van der Waals surface area (Å²) in [6.07, 6.45) is 1.71. The van der Waals surface area contributed by atoms with Crippen LogP contribution in [-0.2, 0) is 27.4 Å². The quantitative estimate of drug-likeness (QED) is 0.750. The first-order valence-corrected chi connectivity index (χ1v) is 11.8. The number of hydrogen-bond donors (Lipinski definition) is 1. The average molecular weight is 446 g/mol. The number of amides is 2. The summed E-state index contributed by atoms with van der Waals surface area (Å²) in [6.45, 7) is 14.0. The van der Waals surface area contributed by atoms with E-state index in [-0.39, 0.29) is 30.1 Å². The highest BCUT2D eigenvalue weighted by atomic mass is 16.6. The van der Waals surface area contributed by atoms with E-state index in [0.29, 0.717) is 19.6 Å².